The number of nitrogens with one attached hydrogen (secondary N) is 2. The van der Waals surface area contributed by atoms with E-state index in [-0.39, 0.29) is 30.5 Å². The zero-order chi connectivity index (χ0) is 14.1. The molecule has 0 bridgehead atoms. The third-order valence-corrected chi connectivity index (χ3v) is 2.24. The van der Waals surface area contributed by atoms with E-state index in [0.717, 1.165) is 12.7 Å². The van der Waals surface area contributed by atoms with Crippen LogP contribution in [-0.2, 0) is 16.1 Å². The Morgan fingerprint density at radius 3 is 2.85 bits per heavy atom. The summed E-state index contributed by atoms with van der Waals surface area (Å²) in [6.45, 7) is 2.41. The van der Waals surface area contributed by atoms with E-state index in [1.807, 2.05) is 0 Å². The Labute approximate surface area is 122 Å². The minimum Gasteiger partial charge on any atom is -0.383 e. The molecule has 0 radical (unpaired) electrons. The van der Waals surface area contributed by atoms with Gasteiger partial charge < -0.3 is 15.4 Å². The van der Waals surface area contributed by atoms with Crippen LogP contribution in [0.25, 0.3) is 0 Å². The van der Waals surface area contributed by atoms with Crippen molar-refractivity contribution in [1.29, 1.82) is 0 Å². The maximum atomic E-state index is 11.5. The molecule has 0 aliphatic rings. The fourth-order valence-electron chi connectivity index (χ4n) is 1.33. The van der Waals surface area contributed by atoms with Gasteiger partial charge in [-0.25, -0.2) is 0 Å². The van der Waals surface area contributed by atoms with Crippen molar-refractivity contribution in [3.63, 3.8) is 0 Å². The van der Waals surface area contributed by atoms with Crippen molar-refractivity contribution in [2.24, 2.45) is 0 Å². The molecule has 1 amide bonds. The molecule has 0 saturated carbocycles. The van der Waals surface area contributed by atoms with Crippen molar-refractivity contribution in [3.8, 4) is 0 Å². The number of hydrogen-bond donors (Lipinski definition) is 2. The molecule has 1 aromatic rings. The van der Waals surface area contributed by atoms with Crippen LogP contribution < -0.4 is 10.6 Å². The van der Waals surface area contributed by atoms with Gasteiger partial charge in [-0.05, 0) is 0 Å². The molecule has 0 aliphatic carbocycles. The molecule has 2 N–H and O–H groups in total. The summed E-state index contributed by atoms with van der Waals surface area (Å²) in [6.07, 6.45) is 2.33. The van der Waals surface area contributed by atoms with Crippen LogP contribution in [0.2, 0.25) is 0 Å². The van der Waals surface area contributed by atoms with Crippen LogP contribution in [-0.4, -0.2) is 54.0 Å². The molecule has 0 atom stereocenters. The molecule has 10 heteroatoms. The lowest BCUT2D eigenvalue weighted by Gasteiger charge is -2.06. The normalized spacial score (nSPS) is 9.85. The first kappa shape index (κ1) is 18.3. The Morgan fingerprint density at radius 2 is 2.25 bits per heavy atom. The summed E-state index contributed by atoms with van der Waals surface area (Å²) >= 11 is 0. The number of halogens is 1. The van der Waals surface area contributed by atoms with Gasteiger partial charge in [-0.1, -0.05) is 0 Å². The van der Waals surface area contributed by atoms with E-state index in [2.05, 4.69) is 15.7 Å². The van der Waals surface area contributed by atoms with Crippen LogP contribution in [0.3, 0.4) is 0 Å². The number of methoxy groups -OCH3 is 1. The first-order valence-electron chi connectivity index (χ1n) is 5.76. The molecule has 0 aromatic carbocycles. The van der Waals surface area contributed by atoms with E-state index in [9.17, 15) is 14.9 Å². The summed E-state index contributed by atoms with van der Waals surface area (Å²) < 4.78 is 6.08. The third kappa shape index (κ3) is 7.02. The Balaban J connectivity index is 0.00000361. The highest BCUT2D eigenvalue weighted by Gasteiger charge is 2.10. The fourth-order valence-corrected chi connectivity index (χ4v) is 1.33. The topological polar surface area (TPSA) is 111 Å². The molecule has 1 heterocycles. The molecule has 1 aromatic heterocycles. The van der Waals surface area contributed by atoms with Crippen molar-refractivity contribution in [3.05, 3.63) is 22.5 Å². The van der Waals surface area contributed by atoms with Gasteiger partial charge in [-0.3, -0.25) is 19.6 Å². The maximum Gasteiger partial charge on any atom is 0.307 e. The molecule has 0 unspecified atom stereocenters. The summed E-state index contributed by atoms with van der Waals surface area (Å²) in [7, 11) is 1.62. The van der Waals surface area contributed by atoms with Gasteiger partial charge in [0.05, 0.1) is 11.5 Å². The second kappa shape index (κ2) is 10.1. The molecule has 9 nitrogen and oxygen atoms in total. The highest BCUT2D eigenvalue weighted by molar-refractivity contribution is 5.85. The van der Waals surface area contributed by atoms with Crippen LogP contribution in [0.4, 0.5) is 5.69 Å². The molecule has 0 spiro atoms. The Bertz CT molecular complexity index is 426. The number of carbonyl (C=O) groups is 1. The van der Waals surface area contributed by atoms with Gasteiger partial charge in [0.15, 0.2) is 0 Å². The summed E-state index contributed by atoms with van der Waals surface area (Å²) in [5, 5.41) is 19.9. The second-order valence-corrected chi connectivity index (χ2v) is 3.75. The fraction of sp³-hybridized carbons (Fsp3) is 0.600. The molecule has 0 aliphatic heterocycles. The lowest BCUT2D eigenvalue weighted by Crippen LogP contribution is -2.34. The van der Waals surface area contributed by atoms with Crippen molar-refractivity contribution in [2.75, 3.05) is 33.4 Å². The van der Waals surface area contributed by atoms with Gasteiger partial charge >= 0.3 is 5.69 Å². The lowest BCUT2D eigenvalue weighted by molar-refractivity contribution is -0.385. The summed E-state index contributed by atoms with van der Waals surface area (Å²) in [5.74, 6) is -0.244. The number of hydrogen-bond acceptors (Lipinski definition) is 6. The monoisotopic (exact) mass is 307 g/mol. The highest BCUT2D eigenvalue weighted by atomic mass is 35.5. The smallest absolute Gasteiger partial charge is 0.307 e. The van der Waals surface area contributed by atoms with E-state index < -0.39 is 4.92 Å². The SMILES string of the molecule is COCCNCCNC(=O)Cn1cc([N+](=O)[O-])cn1.Cl. The number of ether oxygens (including phenoxy) is 1. The zero-order valence-corrected chi connectivity index (χ0v) is 11.9. The number of carbonyl (C=O) groups excluding carboxylic acids is 1. The molecule has 0 fully saturated rings. The van der Waals surface area contributed by atoms with Gasteiger partial charge in [-0.15, -0.1) is 12.4 Å². The largest absolute Gasteiger partial charge is 0.383 e. The Morgan fingerprint density at radius 1 is 1.50 bits per heavy atom. The quantitative estimate of drug-likeness (QED) is 0.364. The number of amides is 1. The minimum atomic E-state index is -0.554. The van der Waals surface area contributed by atoms with Gasteiger partial charge in [0.1, 0.15) is 18.9 Å². The molecular weight excluding hydrogens is 290 g/mol. The van der Waals surface area contributed by atoms with Crippen LogP contribution in [0.1, 0.15) is 0 Å². The molecule has 1 rings (SSSR count). The van der Waals surface area contributed by atoms with Crippen LogP contribution in [0.15, 0.2) is 12.4 Å². The standard InChI is InChI=1S/C10H17N5O4.ClH/c1-19-5-4-11-2-3-12-10(16)8-14-7-9(6-13-14)15(17)18;/h6-7,11H,2-5,8H2,1H3,(H,12,16);1H. The molecule has 0 saturated heterocycles. The van der Waals surface area contributed by atoms with E-state index in [4.69, 9.17) is 4.74 Å². The van der Waals surface area contributed by atoms with E-state index in [1.165, 1.54) is 10.9 Å². The highest BCUT2D eigenvalue weighted by Crippen LogP contribution is 2.06. The van der Waals surface area contributed by atoms with Crippen LogP contribution in [0.5, 0.6) is 0 Å². The van der Waals surface area contributed by atoms with Crippen molar-refractivity contribution >= 4 is 24.0 Å². The average molecular weight is 308 g/mol. The first-order valence-corrected chi connectivity index (χ1v) is 5.76. The average Bonchev–Trinajstić information content (AvgIpc) is 2.82. The van der Waals surface area contributed by atoms with Gasteiger partial charge in [0.2, 0.25) is 5.91 Å². The predicted molar refractivity (Wildman–Crippen MR) is 73.9 cm³/mol. The van der Waals surface area contributed by atoms with Crippen LogP contribution >= 0.6 is 12.4 Å². The Kier molecular flexibility index (Phi) is 9.26. The summed E-state index contributed by atoms with van der Waals surface area (Å²) in [6, 6.07) is 0. The number of aromatic nitrogens is 2. The van der Waals surface area contributed by atoms with E-state index in [0.29, 0.717) is 19.7 Å². The lowest BCUT2D eigenvalue weighted by atomic mass is 10.5. The van der Waals surface area contributed by atoms with E-state index in [1.54, 1.807) is 7.11 Å². The molecular formula is C10H18ClN5O4. The number of nitrogens with zero attached hydrogens (tertiary/aromatic N) is 3. The van der Waals surface area contributed by atoms with Crippen molar-refractivity contribution in [2.45, 2.75) is 6.54 Å². The summed E-state index contributed by atoms with van der Waals surface area (Å²) in [4.78, 5) is 21.4. The third-order valence-electron chi connectivity index (χ3n) is 2.24. The van der Waals surface area contributed by atoms with Crippen molar-refractivity contribution < 1.29 is 14.5 Å². The van der Waals surface area contributed by atoms with Gasteiger partial charge in [0, 0.05) is 26.7 Å². The predicted octanol–water partition coefficient (Wildman–Crippen LogP) is -0.435. The maximum absolute atomic E-state index is 11.5. The minimum absolute atomic E-state index is 0. The summed E-state index contributed by atoms with van der Waals surface area (Å²) in [5.41, 5.74) is -0.131. The first-order chi connectivity index (χ1) is 9.13. The number of rotatable bonds is 9. The molecule has 20 heavy (non-hydrogen) atoms. The second-order valence-electron chi connectivity index (χ2n) is 3.75. The van der Waals surface area contributed by atoms with Crippen molar-refractivity contribution in [1.82, 2.24) is 20.4 Å². The zero-order valence-electron chi connectivity index (χ0n) is 11.1. The molecule has 114 valence electrons. The van der Waals surface area contributed by atoms with Gasteiger partial charge in [-0.2, -0.15) is 5.10 Å². The number of nitro groups is 1. The van der Waals surface area contributed by atoms with E-state index >= 15 is 0 Å². The van der Waals surface area contributed by atoms with Crippen LogP contribution in [0, 0.1) is 10.1 Å². The Hall–Kier alpha value is -1.71. The van der Waals surface area contributed by atoms with Gasteiger partial charge in [0.25, 0.3) is 0 Å².